The number of carbonyl (C=O) groups excluding carboxylic acids is 1. The molecule has 0 aliphatic carbocycles. The molecule has 2 N–H and O–H groups in total. The van der Waals surface area contributed by atoms with E-state index >= 15 is 0 Å². The van der Waals surface area contributed by atoms with E-state index in [1.807, 2.05) is 0 Å². The van der Waals surface area contributed by atoms with Gasteiger partial charge in [-0.2, -0.15) is 0 Å². The summed E-state index contributed by atoms with van der Waals surface area (Å²) in [5, 5.41) is 6.55. The molecule has 110 valence electrons. The maximum Gasteiger partial charge on any atom is 0.258 e. The van der Waals surface area contributed by atoms with E-state index in [0.29, 0.717) is 19.5 Å². The van der Waals surface area contributed by atoms with Crippen molar-refractivity contribution in [2.24, 2.45) is 0 Å². The fourth-order valence-corrected chi connectivity index (χ4v) is 2.42. The lowest BCUT2D eigenvalue weighted by molar-refractivity contribution is -0.134. The molecule has 0 bridgehead atoms. The molecule has 1 aliphatic heterocycles. The minimum Gasteiger partial charge on any atom is -0.347 e. The minimum atomic E-state index is -3.24. The highest BCUT2D eigenvalue weighted by atomic mass is 32.2. The van der Waals surface area contributed by atoms with E-state index in [-0.39, 0.29) is 12.8 Å². The molecule has 0 aromatic heterocycles. The average molecular weight is 292 g/mol. The fourth-order valence-electron chi connectivity index (χ4n) is 1.90. The van der Waals surface area contributed by atoms with Crippen LogP contribution in [0, 0.1) is 0 Å². The van der Waals surface area contributed by atoms with Gasteiger partial charge in [-0.25, -0.2) is 12.8 Å². The molecule has 0 unspecified atom stereocenters. The van der Waals surface area contributed by atoms with E-state index in [1.165, 1.54) is 6.08 Å². The van der Waals surface area contributed by atoms with Crippen molar-refractivity contribution in [2.45, 2.75) is 37.9 Å². The van der Waals surface area contributed by atoms with Gasteiger partial charge in [0.1, 0.15) is 0 Å². The van der Waals surface area contributed by atoms with Crippen molar-refractivity contribution < 1.29 is 17.6 Å². The normalized spacial score (nSPS) is 26.9. The Labute approximate surface area is 113 Å². The van der Waals surface area contributed by atoms with Crippen molar-refractivity contribution in [3.63, 3.8) is 0 Å². The number of hydrogen-bond donors (Lipinski definition) is 2. The average Bonchev–Trinajstić information content (AvgIpc) is 2.51. The Bertz CT molecular complexity index is 440. The van der Waals surface area contributed by atoms with Crippen LogP contribution >= 0.6 is 0 Å². The van der Waals surface area contributed by atoms with Gasteiger partial charge in [0.05, 0.1) is 0 Å². The second-order valence-corrected chi connectivity index (χ2v) is 6.92. The van der Waals surface area contributed by atoms with Crippen molar-refractivity contribution in [1.29, 1.82) is 0 Å². The summed E-state index contributed by atoms with van der Waals surface area (Å²) in [6, 6.07) is -0.522. The lowest BCUT2D eigenvalue weighted by atomic mass is 9.95. The van der Waals surface area contributed by atoms with Crippen molar-refractivity contribution in [2.75, 3.05) is 19.3 Å². The second kappa shape index (κ2) is 6.47. The zero-order valence-corrected chi connectivity index (χ0v) is 12.1. The van der Waals surface area contributed by atoms with Crippen LogP contribution in [0.4, 0.5) is 4.39 Å². The van der Waals surface area contributed by atoms with Crippen molar-refractivity contribution in [3.05, 3.63) is 11.5 Å². The van der Waals surface area contributed by atoms with E-state index in [1.54, 1.807) is 6.92 Å². The summed E-state index contributed by atoms with van der Waals surface area (Å²) in [6.07, 6.45) is 3.34. The molecular weight excluding hydrogens is 271 g/mol. The molecule has 1 amide bonds. The molecule has 1 heterocycles. The Morgan fingerprint density at radius 3 is 2.74 bits per heavy atom. The molecule has 1 rings (SSSR count). The summed E-state index contributed by atoms with van der Waals surface area (Å²) in [6.45, 7) is 2.79. The second-order valence-electron chi connectivity index (χ2n) is 4.99. The number of alkyl halides is 1. The van der Waals surface area contributed by atoms with Crippen LogP contribution < -0.4 is 10.6 Å². The Morgan fingerprint density at radius 1 is 1.42 bits per heavy atom. The summed E-state index contributed by atoms with van der Waals surface area (Å²) in [5.74, 6) is -0.665. The monoisotopic (exact) mass is 292 g/mol. The van der Waals surface area contributed by atoms with E-state index < -0.39 is 27.5 Å². The molecule has 0 saturated carbocycles. The van der Waals surface area contributed by atoms with Gasteiger partial charge in [0, 0.05) is 24.1 Å². The molecule has 5 nitrogen and oxygen atoms in total. The van der Waals surface area contributed by atoms with Crippen LogP contribution in [0.1, 0.15) is 26.2 Å². The van der Waals surface area contributed by atoms with E-state index in [9.17, 15) is 17.6 Å². The SMILES string of the molecule is C[C@H](/C=C\S(C)(=O)=O)NC(=O)[C@@]1(F)CCCNCC1. The van der Waals surface area contributed by atoms with Gasteiger partial charge in [-0.15, -0.1) is 0 Å². The molecule has 0 spiro atoms. The van der Waals surface area contributed by atoms with Gasteiger partial charge in [-0.1, -0.05) is 6.08 Å². The number of halogens is 1. The standard InChI is InChI=1S/C12H21FN2O3S/c1-10(4-9-19(2,17)18)15-11(16)12(13)5-3-7-14-8-6-12/h4,9-10,14H,3,5-8H2,1-2H3,(H,15,16)/b9-4-/t10-,12-/m1/s1. The van der Waals surface area contributed by atoms with Gasteiger partial charge in [0.25, 0.3) is 5.91 Å². The summed E-state index contributed by atoms with van der Waals surface area (Å²) in [5.41, 5.74) is -1.86. The van der Waals surface area contributed by atoms with Crippen molar-refractivity contribution >= 4 is 15.7 Å². The number of carbonyl (C=O) groups is 1. The third-order valence-corrected chi connectivity index (χ3v) is 3.66. The first-order valence-corrected chi connectivity index (χ1v) is 8.27. The summed E-state index contributed by atoms with van der Waals surface area (Å²) < 4.78 is 36.4. The Kier molecular flexibility index (Phi) is 5.49. The Balaban J connectivity index is 2.60. The highest BCUT2D eigenvalue weighted by Gasteiger charge is 2.38. The number of hydrogen-bond acceptors (Lipinski definition) is 4. The minimum absolute atomic E-state index is 0.140. The third-order valence-electron chi connectivity index (χ3n) is 3.00. The summed E-state index contributed by atoms with van der Waals surface area (Å²) in [7, 11) is -3.24. The van der Waals surface area contributed by atoms with Crippen LogP contribution in [0.25, 0.3) is 0 Å². The topological polar surface area (TPSA) is 75.3 Å². The first-order chi connectivity index (χ1) is 8.73. The first kappa shape index (κ1) is 16.1. The third kappa shape index (κ3) is 5.69. The van der Waals surface area contributed by atoms with E-state index in [2.05, 4.69) is 10.6 Å². The number of sulfone groups is 1. The molecule has 1 fully saturated rings. The van der Waals surface area contributed by atoms with Crippen LogP contribution in [0.3, 0.4) is 0 Å². The van der Waals surface area contributed by atoms with Crippen LogP contribution in [0.15, 0.2) is 11.5 Å². The van der Waals surface area contributed by atoms with E-state index in [4.69, 9.17) is 0 Å². The van der Waals surface area contributed by atoms with Gasteiger partial charge in [0.15, 0.2) is 15.5 Å². The lowest BCUT2D eigenvalue weighted by Gasteiger charge is -2.23. The fraction of sp³-hybridized carbons (Fsp3) is 0.750. The largest absolute Gasteiger partial charge is 0.347 e. The van der Waals surface area contributed by atoms with E-state index in [0.717, 1.165) is 11.7 Å². The predicted molar refractivity (Wildman–Crippen MR) is 72.1 cm³/mol. The Hall–Kier alpha value is -0.950. The molecule has 0 radical (unpaired) electrons. The van der Waals surface area contributed by atoms with Gasteiger partial charge < -0.3 is 10.6 Å². The highest BCUT2D eigenvalue weighted by molar-refractivity contribution is 7.93. The molecule has 1 aliphatic rings. The van der Waals surface area contributed by atoms with Crippen molar-refractivity contribution in [3.8, 4) is 0 Å². The zero-order chi connectivity index (χ0) is 14.5. The highest BCUT2D eigenvalue weighted by Crippen LogP contribution is 2.24. The van der Waals surface area contributed by atoms with Gasteiger partial charge >= 0.3 is 0 Å². The zero-order valence-electron chi connectivity index (χ0n) is 11.3. The smallest absolute Gasteiger partial charge is 0.258 e. The number of amides is 1. The number of nitrogens with one attached hydrogen (secondary N) is 2. The van der Waals surface area contributed by atoms with Crippen LogP contribution in [-0.2, 0) is 14.6 Å². The Morgan fingerprint density at radius 2 is 2.11 bits per heavy atom. The molecule has 0 aromatic rings. The molecule has 2 atom stereocenters. The lowest BCUT2D eigenvalue weighted by Crippen LogP contribution is -2.46. The molecule has 19 heavy (non-hydrogen) atoms. The quantitative estimate of drug-likeness (QED) is 0.792. The summed E-state index contributed by atoms with van der Waals surface area (Å²) in [4.78, 5) is 11.9. The molecule has 7 heteroatoms. The van der Waals surface area contributed by atoms with Crippen molar-refractivity contribution in [1.82, 2.24) is 10.6 Å². The first-order valence-electron chi connectivity index (χ1n) is 6.32. The molecular formula is C12H21FN2O3S. The maximum atomic E-state index is 14.5. The van der Waals surface area contributed by atoms with Gasteiger partial charge in [0.2, 0.25) is 0 Å². The number of rotatable bonds is 4. The van der Waals surface area contributed by atoms with Crippen LogP contribution in [0.2, 0.25) is 0 Å². The summed E-state index contributed by atoms with van der Waals surface area (Å²) >= 11 is 0. The van der Waals surface area contributed by atoms with Gasteiger partial charge in [-0.05, 0) is 32.9 Å². The maximum absolute atomic E-state index is 14.5. The molecule has 1 saturated heterocycles. The predicted octanol–water partition coefficient (Wildman–Crippen LogP) is 0.531. The van der Waals surface area contributed by atoms with Crippen LogP contribution in [-0.4, -0.2) is 45.4 Å². The molecule has 0 aromatic carbocycles. The van der Waals surface area contributed by atoms with Gasteiger partial charge in [-0.3, -0.25) is 4.79 Å². The van der Waals surface area contributed by atoms with Crippen LogP contribution in [0.5, 0.6) is 0 Å².